The molecule has 1 heterocycles. The summed E-state index contributed by atoms with van der Waals surface area (Å²) in [5.41, 5.74) is 2.17. The van der Waals surface area contributed by atoms with Crippen molar-refractivity contribution in [2.24, 2.45) is 11.8 Å². The minimum atomic E-state index is -0.875. The van der Waals surface area contributed by atoms with Crippen LogP contribution in [0, 0.1) is 25.7 Å². The zero-order chi connectivity index (χ0) is 14.0. The number of amides is 1. The zero-order valence-electron chi connectivity index (χ0n) is 11.2. The van der Waals surface area contributed by atoms with Gasteiger partial charge in [0.2, 0.25) is 5.91 Å². The molecule has 1 amide bonds. The Kier molecular flexibility index (Phi) is 3.87. The van der Waals surface area contributed by atoms with Crippen LogP contribution < -0.4 is 5.32 Å². The molecule has 2 rings (SSSR count). The second-order valence-electron chi connectivity index (χ2n) is 5.13. The molecule has 1 aliphatic rings. The van der Waals surface area contributed by atoms with E-state index in [9.17, 15) is 14.7 Å². The fourth-order valence-electron chi connectivity index (χ4n) is 2.69. The second kappa shape index (κ2) is 5.42. The molecule has 1 saturated carbocycles. The average Bonchev–Trinajstić information content (AvgIpc) is 2.70. The molecule has 1 aliphatic carbocycles. The predicted molar refractivity (Wildman–Crippen MR) is 69.8 cm³/mol. The van der Waals surface area contributed by atoms with E-state index in [2.05, 4.69) is 15.5 Å². The van der Waals surface area contributed by atoms with Crippen molar-refractivity contribution >= 4 is 17.6 Å². The number of rotatable bonds is 3. The maximum absolute atomic E-state index is 12.3. The number of nitrogens with one attached hydrogen (secondary N) is 2. The van der Waals surface area contributed by atoms with Gasteiger partial charge in [-0.1, -0.05) is 12.8 Å². The first kappa shape index (κ1) is 13.6. The summed E-state index contributed by atoms with van der Waals surface area (Å²) in [5.74, 6) is -2.10. The number of carboxylic acid groups (broad SMARTS) is 1. The van der Waals surface area contributed by atoms with Crippen molar-refractivity contribution in [1.82, 2.24) is 10.2 Å². The van der Waals surface area contributed by atoms with Gasteiger partial charge >= 0.3 is 5.97 Å². The highest BCUT2D eigenvalue weighted by Crippen LogP contribution is 2.31. The summed E-state index contributed by atoms with van der Waals surface area (Å²) < 4.78 is 0. The first-order chi connectivity index (χ1) is 9.00. The van der Waals surface area contributed by atoms with E-state index in [4.69, 9.17) is 0 Å². The lowest BCUT2D eigenvalue weighted by molar-refractivity contribution is -0.147. The van der Waals surface area contributed by atoms with Gasteiger partial charge in [-0.2, -0.15) is 5.10 Å². The Hall–Kier alpha value is -1.85. The highest BCUT2D eigenvalue weighted by atomic mass is 16.4. The van der Waals surface area contributed by atoms with Gasteiger partial charge < -0.3 is 10.4 Å². The summed E-state index contributed by atoms with van der Waals surface area (Å²) in [5, 5.41) is 18.8. The molecular weight excluding hydrogens is 246 g/mol. The Bertz CT molecular complexity index is 476. The van der Waals surface area contributed by atoms with E-state index in [1.54, 1.807) is 6.92 Å². The topological polar surface area (TPSA) is 95.1 Å². The van der Waals surface area contributed by atoms with E-state index in [1.807, 2.05) is 6.92 Å². The number of aromatic nitrogens is 2. The van der Waals surface area contributed by atoms with Gasteiger partial charge in [-0.15, -0.1) is 0 Å². The molecule has 6 heteroatoms. The van der Waals surface area contributed by atoms with E-state index in [0.29, 0.717) is 24.2 Å². The third kappa shape index (κ3) is 2.77. The number of aliphatic carboxylic acids is 1. The fourth-order valence-corrected chi connectivity index (χ4v) is 2.69. The van der Waals surface area contributed by atoms with Crippen LogP contribution in [0.4, 0.5) is 5.69 Å². The summed E-state index contributed by atoms with van der Waals surface area (Å²) in [7, 11) is 0. The smallest absolute Gasteiger partial charge is 0.307 e. The van der Waals surface area contributed by atoms with Crippen LogP contribution in [0.15, 0.2) is 0 Å². The summed E-state index contributed by atoms with van der Waals surface area (Å²) >= 11 is 0. The number of aromatic amines is 1. The molecule has 0 spiro atoms. The number of carboxylic acids is 1. The van der Waals surface area contributed by atoms with Gasteiger partial charge in [0.25, 0.3) is 0 Å². The highest BCUT2D eigenvalue weighted by Gasteiger charge is 2.36. The van der Waals surface area contributed by atoms with Gasteiger partial charge in [0.05, 0.1) is 28.9 Å². The summed E-state index contributed by atoms with van der Waals surface area (Å²) in [6, 6.07) is 0. The van der Waals surface area contributed by atoms with Gasteiger partial charge in [-0.25, -0.2) is 0 Å². The molecule has 1 aromatic heterocycles. The molecule has 1 aromatic rings. The molecule has 1 fully saturated rings. The minimum Gasteiger partial charge on any atom is -0.481 e. The molecule has 19 heavy (non-hydrogen) atoms. The number of nitrogens with zero attached hydrogens (tertiary/aromatic N) is 1. The Morgan fingerprint density at radius 2 is 1.89 bits per heavy atom. The number of hydrogen-bond donors (Lipinski definition) is 3. The number of anilines is 1. The first-order valence-corrected chi connectivity index (χ1v) is 6.56. The van der Waals surface area contributed by atoms with Gasteiger partial charge in [-0.3, -0.25) is 14.7 Å². The molecule has 3 N–H and O–H groups in total. The van der Waals surface area contributed by atoms with Crippen molar-refractivity contribution in [2.75, 3.05) is 5.32 Å². The lowest BCUT2D eigenvalue weighted by Crippen LogP contribution is -2.36. The van der Waals surface area contributed by atoms with E-state index < -0.39 is 17.8 Å². The molecule has 0 saturated heterocycles. The molecular formula is C13H19N3O3. The maximum Gasteiger partial charge on any atom is 0.307 e. The van der Waals surface area contributed by atoms with Crippen LogP contribution in [0.1, 0.15) is 37.1 Å². The van der Waals surface area contributed by atoms with Crippen molar-refractivity contribution in [3.63, 3.8) is 0 Å². The van der Waals surface area contributed by atoms with Crippen molar-refractivity contribution in [3.8, 4) is 0 Å². The summed E-state index contributed by atoms with van der Waals surface area (Å²) in [6.07, 6.45) is 3.01. The number of H-pyrrole nitrogens is 1. The van der Waals surface area contributed by atoms with Gasteiger partial charge in [0.15, 0.2) is 0 Å². The monoisotopic (exact) mass is 265 g/mol. The van der Waals surface area contributed by atoms with Gasteiger partial charge in [-0.05, 0) is 26.7 Å². The van der Waals surface area contributed by atoms with Crippen LogP contribution in [0.25, 0.3) is 0 Å². The molecule has 6 nitrogen and oxygen atoms in total. The maximum atomic E-state index is 12.3. The third-order valence-electron chi connectivity index (χ3n) is 3.80. The Balaban J connectivity index is 2.12. The fraction of sp³-hybridized carbons (Fsp3) is 0.615. The Morgan fingerprint density at radius 3 is 2.42 bits per heavy atom. The second-order valence-corrected chi connectivity index (χ2v) is 5.13. The molecule has 0 unspecified atom stereocenters. The van der Waals surface area contributed by atoms with Crippen LogP contribution >= 0.6 is 0 Å². The number of hydrogen-bond acceptors (Lipinski definition) is 3. The lowest BCUT2D eigenvalue weighted by atomic mass is 9.78. The Morgan fingerprint density at radius 1 is 1.26 bits per heavy atom. The Labute approximate surface area is 111 Å². The van der Waals surface area contributed by atoms with Crippen LogP contribution in [0.2, 0.25) is 0 Å². The average molecular weight is 265 g/mol. The van der Waals surface area contributed by atoms with Crippen molar-refractivity contribution in [3.05, 3.63) is 11.4 Å². The molecule has 0 aliphatic heterocycles. The van der Waals surface area contributed by atoms with Gasteiger partial charge in [0.1, 0.15) is 0 Å². The highest BCUT2D eigenvalue weighted by molar-refractivity contribution is 5.96. The third-order valence-corrected chi connectivity index (χ3v) is 3.80. The molecule has 0 aromatic carbocycles. The SMILES string of the molecule is Cc1n[nH]c(C)c1NC(=O)[C@H]1CCCC[C@@H]1C(=O)O. The quantitative estimate of drug-likeness (QED) is 0.777. The predicted octanol–water partition coefficient (Wildman–Crippen LogP) is 1.86. The van der Waals surface area contributed by atoms with E-state index >= 15 is 0 Å². The largest absolute Gasteiger partial charge is 0.481 e. The summed E-state index contributed by atoms with van der Waals surface area (Å²) in [4.78, 5) is 23.5. The van der Waals surface area contributed by atoms with Crippen LogP contribution in [0.3, 0.4) is 0 Å². The normalized spacial score (nSPS) is 23.1. The van der Waals surface area contributed by atoms with Gasteiger partial charge in [0, 0.05) is 0 Å². The van der Waals surface area contributed by atoms with Crippen molar-refractivity contribution in [1.29, 1.82) is 0 Å². The molecule has 0 radical (unpaired) electrons. The lowest BCUT2D eigenvalue weighted by Gasteiger charge is -2.27. The van der Waals surface area contributed by atoms with Crippen molar-refractivity contribution in [2.45, 2.75) is 39.5 Å². The van der Waals surface area contributed by atoms with Crippen molar-refractivity contribution < 1.29 is 14.7 Å². The van der Waals surface area contributed by atoms with E-state index in [1.165, 1.54) is 0 Å². The van der Waals surface area contributed by atoms with E-state index in [0.717, 1.165) is 18.5 Å². The standard InChI is InChI=1S/C13H19N3O3/c1-7-11(8(2)16-15-7)14-12(17)9-5-3-4-6-10(9)13(18)19/h9-10H,3-6H2,1-2H3,(H,14,17)(H,15,16)(H,18,19)/t9-,10-/m0/s1. The number of carbonyl (C=O) groups excluding carboxylic acids is 1. The zero-order valence-corrected chi connectivity index (χ0v) is 11.2. The summed E-state index contributed by atoms with van der Waals surface area (Å²) in [6.45, 7) is 3.62. The molecule has 104 valence electrons. The minimum absolute atomic E-state index is 0.209. The van der Waals surface area contributed by atoms with Crippen LogP contribution in [0.5, 0.6) is 0 Å². The number of carbonyl (C=O) groups is 2. The molecule has 2 atom stereocenters. The molecule has 0 bridgehead atoms. The number of aryl methyl sites for hydroxylation is 2. The first-order valence-electron chi connectivity index (χ1n) is 6.56. The van der Waals surface area contributed by atoms with Crippen LogP contribution in [-0.2, 0) is 9.59 Å². The van der Waals surface area contributed by atoms with Crippen LogP contribution in [-0.4, -0.2) is 27.2 Å². The van der Waals surface area contributed by atoms with E-state index in [-0.39, 0.29) is 5.91 Å².